The van der Waals surface area contributed by atoms with Crippen LogP contribution >= 0.6 is 0 Å². The molecule has 0 aliphatic carbocycles. The standard InChI is InChI=1S/C7H16N4O/c1-6(8-2)11-5-10-4-7(12)9-3/h4-9,12H,1-3H3. The van der Waals surface area contributed by atoms with Crippen LogP contribution < -0.4 is 10.6 Å². The molecule has 12 heavy (non-hydrogen) atoms. The second-order valence-corrected chi connectivity index (χ2v) is 2.26. The summed E-state index contributed by atoms with van der Waals surface area (Å²) in [5.74, 6) is 0. The number of aliphatic hydroxyl groups excluding tert-OH is 1. The van der Waals surface area contributed by atoms with Gasteiger partial charge in [0.25, 0.3) is 0 Å². The van der Waals surface area contributed by atoms with E-state index in [1.807, 2.05) is 14.0 Å². The third-order valence-electron chi connectivity index (χ3n) is 1.30. The Hall–Kier alpha value is -0.780. The Bertz CT molecular complexity index is 139. The van der Waals surface area contributed by atoms with E-state index in [-0.39, 0.29) is 6.17 Å². The van der Waals surface area contributed by atoms with E-state index in [1.165, 1.54) is 12.6 Å². The van der Waals surface area contributed by atoms with Gasteiger partial charge in [-0.2, -0.15) is 0 Å². The highest BCUT2D eigenvalue weighted by molar-refractivity contribution is 5.74. The molecule has 0 amide bonds. The van der Waals surface area contributed by atoms with E-state index < -0.39 is 6.23 Å². The number of rotatable bonds is 5. The van der Waals surface area contributed by atoms with Gasteiger partial charge in [-0.3, -0.25) is 15.6 Å². The minimum absolute atomic E-state index is 0.0499. The van der Waals surface area contributed by atoms with E-state index in [9.17, 15) is 0 Å². The number of hydrogen-bond donors (Lipinski definition) is 3. The van der Waals surface area contributed by atoms with Gasteiger partial charge in [-0.15, -0.1) is 0 Å². The van der Waals surface area contributed by atoms with Crippen molar-refractivity contribution in [3.63, 3.8) is 0 Å². The molecule has 0 fully saturated rings. The Morgan fingerprint density at radius 3 is 2.50 bits per heavy atom. The molecule has 0 spiro atoms. The van der Waals surface area contributed by atoms with Gasteiger partial charge in [0.15, 0.2) is 0 Å². The zero-order valence-electron chi connectivity index (χ0n) is 7.65. The topological polar surface area (TPSA) is 69.0 Å². The first kappa shape index (κ1) is 11.2. The van der Waals surface area contributed by atoms with Gasteiger partial charge >= 0.3 is 0 Å². The van der Waals surface area contributed by atoms with Crippen molar-refractivity contribution in [2.45, 2.75) is 19.3 Å². The van der Waals surface area contributed by atoms with Crippen molar-refractivity contribution in [3.8, 4) is 0 Å². The van der Waals surface area contributed by atoms with Crippen LogP contribution in [-0.4, -0.2) is 44.1 Å². The highest BCUT2D eigenvalue weighted by Crippen LogP contribution is 1.78. The van der Waals surface area contributed by atoms with Gasteiger partial charge in [0, 0.05) is 6.21 Å². The lowest BCUT2D eigenvalue weighted by Gasteiger charge is -2.01. The maximum Gasteiger partial charge on any atom is 0.141 e. The van der Waals surface area contributed by atoms with E-state index in [4.69, 9.17) is 5.11 Å². The molecule has 0 aliphatic heterocycles. The van der Waals surface area contributed by atoms with E-state index in [2.05, 4.69) is 20.6 Å². The van der Waals surface area contributed by atoms with E-state index >= 15 is 0 Å². The number of hydrogen-bond acceptors (Lipinski definition) is 4. The lowest BCUT2D eigenvalue weighted by molar-refractivity contribution is 0.219. The third kappa shape index (κ3) is 5.96. The predicted molar refractivity (Wildman–Crippen MR) is 50.6 cm³/mol. The molecule has 0 saturated carbocycles. The van der Waals surface area contributed by atoms with Crippen LogP contribution in [0.3, 0.4) is 0 Å². The second-order valence-electron chi connectivity index (χ2n) is 2.26. The zero-order chi connectivity index (χ0) is 9.40. The maximum absolute atomic E-state index is 8.94. The van der Waals surface area contributed by atoms with Crippen LogP contribution in [0.25, 0.3) is 0 Å². The van der Waals surface area contributed by atoms with Crippen LogP contribution in [0.2, 0.25) is 0 Å². The first-order valence-corrected chi connectivity index (χ1v) is 3.78. The summed E-state index contributed by atoms with van der Waals surface area (Å²) in [6.07, 6.45) is 2.11. The van der Waals surface area contributed by atoms with Gasteiger partial charge in [-0.1, -0.05) is 0 Å². The van der Waals surface area contributed by atoms with Crippen molar-refractivity contribution >= 4 is 12.6 Å². The van der Waals surface area contributed by atoms with E-state index in [1.54, 1.807) is 7.05 Å². The zero-order valence-corrected chi connectivity index (χ0v) is 7.65. The SMILES string of the molecule is CNC(O)C=NC=NC(C)NC. The van der Waals surface area contributed by atoms with Crippen LogP contribution in [0, 0.1) is 0 Å². The third-order valence-corrected chi connectivity index (χ3v) is 1.30. The van der Waals surface area contributed by atoms with Crippen molar-refractivity contribution in [2.24, 2.45) is 9.98 Å². The fourth-order valence-corrected chi connectivity index (χ4v) is 0.408. The van der Waals surface area contributed by atoms with Crippen LogP contribution in [0.1, 0.15) is 6.92 Å². The molecule has 0 aliphatic rings. The molecule has 2 atom stereocenters. The minimum Gasteiger partial charge on any atom is -0.373 e. The fraction of sp³-hybridized carbons (Fsp3) is 0.714. The summed E-state index contributed by atoms with van der Waals surface area (Å²) >= 11 is 0. The van der Waals surface area contributed by atoms with Crippen molar-refractivity contribution in [2.75, 3.05) is 14.1 Å². The molecule has 0 saturated heterocycles. The monoisotopic (exact) mass is 172 g/mol. The molecule has 5 heteroatoms. The fourth-order valence-electron chi connectivity index (χ4n) is 0.408. The molecular formula is C7H16N4O. The van der Waals surface area contributed by atoms with E-state index in [0.29, 0.717) is 0 Å². The Morgan fingerprint density at radius 1 is 1.33 bits per heavy atom. The summed E-state index contributed by atoms with van der Waals surface area (Å²) in [5, 5.41) is 14.5. The average Bonchev–Trinajstić information content (AvgIpc) is 2.11. The Balaban J connectivity index is 3.65. The van der Waals surface area contributed by atoms with Gasteiger partial charge in [0.1, 0.15) is 12.6 Å². The second kappa shape index (κ2) is 6.90. The summed E-state index contributed by atoms with van der Waals surface area (Å²) in [6.45, 7) is 1.90. The summed E-state index contributed by atoms with van der Waals surface area (Å²) < 4.78 is 0. The Morgan fingerprint density at radius 2 is 2.00 bits per heavy atom. The number of nitrogens with zero attached hydrogens (tertiary/aromatic N) is 2. The summed E-state index contributed by atoms with van der Waals surface area (Å²) in [5.41, 5.74) is 0. The molecular weight excluding hydrogens is 156 g/mol. The predicted octanol–water partition coefficient (Wildman–Crippen LogP) is -0.811. The van der Waals surface area contributed by atoms with Gasteiger partial charge in [-0.25, -0.2) is 4.99 Å². The lowest BCUT2D eigenvalue weighted by Crippen LogP contribution is -2.25. The number of nitrogens with one attached hydrogen (secondary N) is 2. The molecule has 0 aromatic carbocycles. The smallest absolute Gasteiger partial charge is 0.141 e. The van der Waals surface area contributed by atoms with Crippen LogP contribution in [0.15, 0.2) is 9.98 Å². The molecule has 5 nitrogen and oxygen atoms in total. The number of aliphatic imine (C=N–C) groups is 2. The van der Waals surface area contributed by atoms with Crippen molar-refractivity contribution in [1.29, 1.82) is 0 Å². The average molecular weight is 172 g/mol. The maximum atomic E-state index is 8.94. The molecule has 2 unspecified atom stereocenters. The molecule has 3 N–H and O–H groups in total. The van der Waals surface area contributed by atoms with Crippen LogP contribution in [0.5, 0.6) is 0 Å². The van der Waals surface area contributed by atoms with Gasteiger partial charge in [-0.05, 0) is 21.0 Å². The van der Waals surface area contributed by atoms with E-state index in [0.717, 1.165) is 0 Å². The number of aliphatic hydroxyl groups is 1. The summed E-state index contributed by atoms with van der Waals surface area (Å²) in [6, 6.07) is 0. The largest absolute Gasteiger partial charge is 0.373 e. The molecule has 0 rings (SSSR count). The van der Waals surface area contributed by atoms with Gasteiger partial charge in [0.05, 0.1) is 6.17 Å². The molecule has 0 heterocycles. The summed E-state index contributed by atoms with van der Waals surface area (Å²) in [7, 11) is 3.46. The highest BCUT2D eigenvalue weighted by atomic mass is 16.3. The quantitative estimate of drug-likeness (QED) is 0.288. The summed E-state index contributed by atoms with van der Waals surface area (Å²) in [4.78, 5) is 7.74. The molecule has 0 radical (unpaired) electrons. The molecule has 0 bridgehead atoms. The minimum atomic E-state index is -0.707. The first-order chi connectivity index (χ1) is 5.70. The van der Waals surface area contributed by atoms with Crippen molar-refractivity contribution in [3.05, 3.63) is 0 Å². The molecule has 70 valence electrons. The Kier molecular flexibility index (Phi) is 6.45. The Labute approximate surface area is 72.6 Å². The van der Waals surface area contributed by atoms with Gasteiger partial charge in [0.2, 0.25) is 0 Å². The van der Waals surface area contributed by atoms with Gasteiger partial charge < -0.3 is 5.11 Å². The molecule has 0 aromatic heterocycles. The van der Waals surface area contributed by atoms with Crippen molar-refractivity contribution < 1.29 is 5.11 Å². The lowest BCUT2D eigenvalue weighted by atomic mass is 10.6. The molecule has 0 aromatic rings. The van der Waals surface area contributed by atoms with Crippen molar-refractivity contribution in [1.82, 2.24) is 10.6 Å². The highest BCUT2D eigenvalue weighted by Gasteiger charge is 1.90. The van der Waals surface area contributed by atoms with Crippen LogP contribution in [-0.2, 0) is 0 Å². The van der Waals surface area contributed by atoms with Crippen LogP contribution in [0.4, 0.5) is 0 Å². The first-order valence-electron chi connectivity index (χ1n) is 3.78. The normalized spacial score (nSPS) is 17.3.